The van der Waals surface area contributed by atoms with E-state index in [0.717, 1.165) is 10.9 Å². The van der Waals surface area contributed by atoms with Gasteiger partial charge in [0.15, 0.2) is 11.3 Å². The maximum atomic E-state index is 11.2. The smallest absolute Gasteiger partial charge is 0.336 e. The molecule has 0 unspecified atom stereocenters. The molecule has 2 heterocycles. The first kappa shape index (κ1) is 9.96. The Bertz CT molecular complexity index is 667. The molecule has 0 bridgehead atoms. The first-order valence-corrected chi connectivity index (χ1v) is 5.24. The van der Waals surface area contributed by atoms with E-state index in [9.17, 15) is 4.79 Å². The van der Waals surface area contributed by atoms with E-state index < -0.39 is 5.63 Å². The van der Waals surface area contributed by atoms with E-state index in [1.807, 2.05) is 18.2 Å². The fourth-order valence-electron chi connectivity index (χ4n) is 1.95. The highest BCUT2D eigenvalue weighted by molar-refractivity contribution is 5.89. The molecule has 2 aromatic rings. The molecule has 0 fully saturated rings. The number of hydrogen-bond donors (Lipinski definition) is 0. The molecular formula is C13H10O4. The van der Waals surface area contributed by atoms with Gasteiger partial charge >= 0.3 is 5.63 Å². The minimum absolute atomic E-state index is 0.401. The molecule has 0 N–H and O–H groups in total. The summed E-state index contributed by atoms with van der Waals surface area (Å²) in [6.07, 6.45) is 3.89. The minimum Gasteiger partial charge on any atom is -0.490 e. The third kappa shape index (κ3) is 1.49. The lowest BCUT2D eigenvalue weighted by Crippen LogP contribution is -2.04. The quantitative estimate of drug-likeness (QED) is 0.705. The summed E-state index contributed by atoms with van der Waals surface area (Å²) in [5, 5.41) is 0.815. The van der Waals surface area contributed by atoms with Crippen LogP contribution in [0.15, 0.2) is 33.5 Å². The van der Waals surface area contributed by atoms with Crippen LogP contribution in [0.2, 0.25) is 0 Å². The highest BCUT2D eigenvalue weighted by atomic mass is 16.5. The second kappa shape index (κ2) is 3.66. The first-order valence-electron chi connectivity index (χ1n) is 5.24. The van der Waals surface area contributed by atoms with Gasteiger partial charge in [-0.3, -0.25) is 0 Å². The molecule has 1 aromatic heterocycles. The van der Waals surface area contributed by atoms with Crippen molar-refractivity contribution in [2.45, 2.75) is 0 Å². The van der Waals surface area contributed by atoms with Crippen molar-refractivity contribution < 1.29 is 13.9 Å². The predicted octanol–water partition coefficient (Wildman–Crippen LogP) is 2.21. The number of hydrogen-bond acceptors (Lipinski definition) is 4. The van der Waals surface area contributed by atoms with E-state index in [4.69, 9.17) is 13.9 Å². The van der Waals surface area contributed by atoms with Crippen LogP contribution in [0.3, 0.4) is 0 Å². The van der Waals surface area contributed by atoms with Gasteiger partial charge in [0.05, 0.1) is 7.11 Å². The third-order valence-electron chi connectivity index (χ3n) is 2.67. The predicted molar refractivity (Wildman–Crippen MR) is 63.6 cm³/mol. The van der Waals surface area contributed by atoms with Crippen molar-refractivity contribution in [2.75, 3.05) is 13.7 Å². The van der Waals surface area contributed by atoms with Gasteiger partial charge in [0, 0.05) is 17.0 Å². The van der Waals surface area contributed by atoms with Crippen molar-refractivity contribution >= 4 is 17.0 Å². The first-order chi connectivity index (χ1) is 8.29. The summed E-state index contributed by atoms with van der Waals surface area (Å²) in [4.78, 5) is 11.2. The molecule has 0 atom stereocenters. The van der Waals surface area contributed by atoms with Gasteiger partial charge in [-0.15, -0.1) is 0 Å². The average Bonchev–Trinajstić information content (AvgIpc) is 2.36. The van der Waals surface area contributed by atoms with Gasteiger partial charge in [-0.25, -0.2) is 4.79 Å². The zero-order chi connectivity index (χ0) is 11.8. The molecule has 1 aromatic carbocycles. The maximum absolute atomic E-state index is 11.2. The normalized spacial score (nSPS) is 13.2. The average molecular weight is 230 g/mol. The lowest BCUT2D eigenvalue weighted by molar-refractivity contribution is 0.321. The van der Waals surface area contributed by atoms with Crippen molar-refractivity contribution in [2.24, 2.45) is 0 Å². The zero-order valence-electron chi connectivity index (χ0n) is 9.23. The molecule has 4 heteroatoms. The fraction of sp³-hybridized carbons (Fsp3) is 0.154. The summed E-state index contributed by atoms with van der Waals surface area (Å²) in [6, 6.07) is 5.01. The molecule has 0 amide bonds. The van der Waals surface area contributed by atoms with E-state index in [2.05, 4.69) is 0 Å². The monoisotopic (exact) mass is 230 g/mol. The Morgan fingerprint density at radius 3 is 3.06 bits per heavy atom. The molecule has 0 aliphatic carbocycles. The van der Waals surface area contributed by atoms with Crippen LogP contribution < -0.4 is 15.1 Å². The van der Waals surface area contributed by atoms with Gasteiger partial charge in [-0.05, 0) is 18.2 Å². The highest BCUT2D eigenvalue weighted by Crippen LogP contribution is 2.40. The molecule has 0 radical (unpaired) electrons. The Kier molecular flexibility index (Phi) is 2.14. The van der Waals surface area contributed by atoms with Crippen LogP contribution in [0, 0.1) is 0 Å². The summed E-state index contributed by atoms with van der Waals surface area (Å²) in [5.41, 5.74) is 0.950. The van der Waals surface area contributed by atoms with E-state index in [1.54, 1.807) is 6.07 Å². The summed E-state index contributed by atoms with van der Waals surface area (Å²) in [6.45, 7) is 0.492. The standard InChI is InChI=1S/C13H10O4/c1-15-13-11-8(3-2-6-16-11)7-9-4-5-10(14)17-12(9)13/h2-5,7H,6H2,1H3. The summed E-state index contributed by atoms with van der Waals surface area (Å²) < 4.78 is 16.0. The van der Waals surface area contributed by atoms with Crippen molar-refractivity contribution in [3.05, 3.63) is 40.3 Å². The lowest BCUT2D eigenvalue weighted by atomic mass is 10.1. The van der Waals surface area contributed by atoms with E-state index in [1.165, 1.54) is 13.2 Å². The molecule has 86 valence electrons. The number of benzene rings is 1. The Morgan fingerprint density at radius 2 is 2.24 bits per heavy atom. The van der Waals surface area contributed by atoms with Crippen LogP contribution in [0.5, 0.6) is 11.5 Å². The molecule has 1 aliphatic heterocycles. The number of methoxy groups -OCH3 is 1. The van der Waals surface area contributed by atoms with Gasteiger partial charge < -0.3 is 13.9 Å². The van der Waals surface area contributed by atoms with Crippen LogP contribution in [-0.2, 0) is 0 Å². The van der Waals surface area contributed by atoms with E-state index >= 15 is 0 Å². The van der Waals surface area contributed by atoms with Crippen LogP contribution in [0.25, 0.3) is 17.0 Å². The number of rotatable bonds is 1. The maximum Gasteiger partial charge on any atom is 0.336 e. The molecule has 17 heavy (non-hydrogen) atoms. The number of ether oxygens (including phenoxy) is 2. The molecular weight excluding hydrogens is 220 g/mol. The van der Waals surface area contributed by atoms with Crippen LogP contribution in [0.1, 0.15) is 5.56 Å². The van der Waals surface area contributed by atoms with Crippen molar-refractivity contribution in [1.29, 1.82) is 0 Å². The molecule has 0 saturated carbocycles. The van der Waals surface area contributed by atoms with Gasteiger partial charge in [0.2, 0.25) is 5.75 Å². The highest BCUT2D eigenvalue weighted by Gasteiger charge is 2.18. The van der Waals surface area contributed by atoms with Crippen molar-refractivity contribution in [3.8, 4) is 11.5 Å². The molecule has 0 saturated heterocycles. The molecule has 4 nitrogen and oxygen atoms in total. The van der Waals surface area contributed by atoms with Crippen LogP contribution in [0.4, 0.5) is 0 Å². The minimum atomic E-state index is -0.401. The van der Waals surface area contributed by atoms with E-state index in [-0.39, 0.29) is 0 Å². The van der Waals surface area contributed by atoms with Crippen molar-refractivity contribution in [3.63, 3.8) is 0 Å². The Labute approximate surface area is 97.1 Å². The third-order valence-corrected chi connectivity index (χ3v) is 2.67. The largest absolute Gasteiger partial charge is 0.490 e. The molecule has 0 spiro atoms. The second-order valence-electron chi connectivity index (χ2n) is 3.71. The SMILES string of the molecule is COc1c2c(cc3ccc(=O)oc13)C=CCO2. The molecule has 3 rings (SSSR count). The topological polar surface area (TPSA) is 48.7 Å². The zero-order valence-corrected chi connectivity index (χ0v) is 9.23. The fourth-order valence-corrected chi connectivity index (χ4v) is 1.95. The van der Waals surface area contributed by atoms with E-state index in [0.29, 0.717) is 23.7 Å². The van der Waals surface area contributed by atoms with Gasteiger partial charge in [-0.2, -0.15) is 0 Å². The van der Waals surface area contributed by atoms with Gasteiger partial charge in [-0.1, -0.05) is 6.08 Å². The number of fused-ring (bicyclic) bond motifs is 2. The molecule has 1 aliphatic rings. The Hall–Kier alpha value is -2.23. The Balaban J connectivity index is 2.44. The van der Waals surface area contributed by atoms with Gasteiger partial charge in [0.1, 0.15) is 6.61 Å². The summed E-state index contributed by atoms with van der Waals surface area (Å²) in [7, 11) is 1.53. The Morgan fingerprint density at radius 1 is 1.35 bits per heavy atom. The summed E-state index contributed by atoms with van der Waals surface area (Å²) >= 11 is 0. The van der Waals surface area contributed by atoms with Crippen LogP contribution >= 0.6 is 0 Å². The van der Waals surface area contributed by atoms with Crippen molar-refractivity contribution in [1.82, 2.24) is 0 Å². The summed E-state index contributed by atoms with van der Waals surface area (Å²) in [5.74, 6) is 1.09. The van der Waals surface area contributed by atoms with Gasteiger partial charge in [0.25, 0.3) is 0 Å². The lowest BCUT2D eigenvalue weighted by Gasteiger charge is -2.16. The second-order valence-corrected chi connectivity index (χ2v) is 3.71. The van der Waals surface area contributed by atoms with Crippen LogP contribution in [-0.4, -0.2) is 13.7 Å².